The van der Waals surface area contributed by atoms with Gasteiger partial charge in [-0.2, -0.15) is 0 Å². The summed E-state index contributed by atoms with van der Waals surface area (Å²) in [7, 11) is 0. The average molecular weight is 467 g/mol. The summed E-state index contributed by atoms with van der Waals surface area (Å²) in [6.45, 7) is 5.95. The summed E-state index contributed by atoms with van der Waals surface area (Å²) in [5, 5.41) is 14.7. The van der Waals surface area contributed by atoms with E-state index in [2.05, 4.69) is 34.9 Å². The highest BCUT2D eigenvalue weighted by Crippen LogP contribution is 2.44. The van der Waals surface area contributed by atoms with Crippen molar-refractivity contribution in [3.63, 3.8) is 0 Å². The zero-order valence-electron chi connectivity index (χ0n) is 20.0. The lowest BCUT2D eigenvalue weighted by molar-refractivity contribution is -0.142. The first-order chi connectivity index (χ1) is 16.3. The highest BCUT2D eigenvalue weighted by atomic mass is 16.5. The van der Waals surface area contributed by atoms with Crippen LogP contribution in [0.2, 0.25) is 0 Å². The molecule has 7 heteroatoms. The van der Waals surface area contributed by atoms with Gasteiger partial charge in [0.05, 0.1) is 0 Å². The van der Waals surface area contributed by atoms with Gasteiger partial charge < -0.3 is 20.5 Å². The SMILES string of the molecule is CCCCC(NC(=O)C[C@H](NC(=O)OCC1c2ccccc2-c2ccccc21)C(C)C)C(=O)O. The standard InChI is InChI=1S/C27H34N2O5/c1-4-5-14-23(26(31)32)28-25(30)15-24(17(2)3)29-27(33)34-16-22-20-12-8-6-10-18(20)19-11-7-9-13-21(19)22/h6-13,17,22-24H,4-5,14-16H2,1-3H3,(H,28,30)(H,29,33)(H,31,32)/t23?,24-/m0/s1. The average Bonchev–Trinajstić information content (AvgIpc) is 3.13. The van der Waals surface area contributed by atoms with Gasteiger partial charge in [-0.15, -0.1) is 0 Å². The summed E-state index contributed by atoms with van der Waals surface area (Å²) in [4.78, 5) is 36.5. The molecule has 7 nitrogen and oxygen atoms in total. The molecule has 0 saturated carbocycles. The number of alkyl carbamates (subject to hydrolysis) is 1. The smallest absolute Gasteiger partial charge is 0.407 e. The molecule has 0 aliphatic heterocycles. The molecule has 1 unspecified atom stereocenters. The van der Waals surface area contributed by atoms with Crippen molar-refractivity contribution in [2.45, 2.75) is 64.5 Å². The fourth-order valence-electron chi connectivity index (χ4n) is 4.36. The van der Waals surface area contributed by atoms with Gasteiger partial charge in [-0.1, -0.05) is 82.1 Å². The van der Waals surface area contributed by atoms with Crippen LogP contribution in [0.25, 0.3) is 11.1 Å². The highest BCUT2D eigenvalue weighted by molar-refractivity contribution is 5.84. The lowest BCUT2D eigenvalue weighted by Crippen LogP contribution is -2.46. The quantitative estimate of drug-likeness (QED) is 0.445. The molecule has 1 aliphatic carbocycles. The van der Waals surface area contributed by atoms with Crippen molar-refractivity contribution in [2.24, 2.45) is 5.92 Å². The molecule has 0 fully saturated rings. The first kappa shape index (κ1) is 25.3. The van der Waals surface area contributed by atoms with Crippen LogP contribution in [-0.4, -0.2) is 41.8 Å². The number of ether oxygens (including phenoxy) is 1. The van der Waals surface area contributed by atoms with Crippen LogP contribution in [-0.2, 0) is 14.3 Å². The number of aliphatic carboxylic acids is 1. The van der Waals surface area contributed by atoms with Gasteiger partial charge in [0.15, 0.2) is 0 Å². The number of fused-ring (bicyclic) bond motifs is 3. The maximum absolute atomic E-state index is 12.6. The van der Waals surface area contributed by atoms with Gasteiger partial charge in [-0.3, -0.25) is 4.79 Å². The second kappa shape index (κ2) is 11.7. The number of hydrogen-bond acceptors (Lipinski definition) is 4. The number of carbonyl (C=O) groups excluding carboxylic acids is 2. The van der Waals surface area contributed by atoms with Crippen molar-refractivity contribution in [1.29, 1.82) is 0 Å². The number of nitrogens with one attached hydrogen (secondary N) is 2. The fourth-order valence-corrected chi connectivity index (χ4v) is 4.36. The monoisotopic (exact) mass is 466 g/mol. The van der Waals surface area contributed by atoms with E-state index in [9.17, 15) is 19.5 Å². The molecule has 2 amide bonds. The van der Waals surface area contributed by atoms with E-state index in [1.54, 1.807) is 0 Å². The third-order valence-corrected chi connectivity index (χ3v) is 6.34. The molecule has 2 aromatic rings. The number of unbranched alkanes of at least 4 members (excludes halogenated alkanes) is 1. The predicted octanol–water partition coefficient (Wildman–Crippen LogP) is 4.70. The van der Waals surface area contributed by atoms with Gasteiger partial charge in [0, 0.05) is 18.4 Å². The van der Waals surface area contributed by atoms with Gasteiger partial charge in [0.25, 0.3) is 0 Å². The van der Waals surface area contributed by atoms with Crippen molar-refractivity contribution in [3.05, 3.63) is 59.7 Å². The summed E-state index contributed by atoms with van der Waals surface area (Å²) in [5.74, 6) is -1.53. The third-order valence-electron chi connectivity index (χ3n) is 6.34. The zero-order valence-corrected chi connectivity index (χ0v) is 20.0. The zero-order chi connectivity index (χ0) is 24.7. The van der Waals surface area contributed by atoms with E-state index in [0.717, 1.165) is 28.7 Å². The number of hydrogen-bond donors (Lipinski definition) is 3. The van der Waals surface area contributed by atoms with Crippen LogP contribution in [0.5, 0.6) is 0 Å². The molecule has 34 heavy (non-hydrogen) atoms. The molecular formula is C27H34N2O5. The maximum atomic E-state index is 12.6. The molecule has 0 bridgehead atoms. The summed E-state index contributed by atoms with van der Waals surface area (Å²) in [5.41, 5.74) is 4.56. The van der Waals surface area contributed by atoms with E-state index in [1.807, 2.05) is 45.0 Å². The Hall–Kier alpha value is -3.35. The Bertz CT molecular complexity index is 974. The van der Waals surface area contributed by atoms with Crippen LogP contribution in [0.1, 0.15) is 63.5 Å². The topological polar surface area (TPSA) is 105 Å². The molecule has 0 spiro atoms. The highest BCUT2D eigenvalue weighted by Gasteiger charge is 2.30. The minimum atomic E-state index is -1.05. The third kappa shape index (κ3) is 6.16. The molecule has 2 atom stereocenters. The second-order valence-corrected chi connectivity index (χ2v) is 9.13. The normalized spacial score (nSPS) is 14.1. The van der Waals surface area contributed by atoms with Gasteiger partial charge >= 0.3 is 12.1 Å². The van der Waals surface area contributed by atoms with Crippen molar-refractivity contribution in [2.75, 3.05) is 6.61 Å². The van der Waals surface area contributed by atoms with Crippen molar-refractivity contribution < 1.29 is 24.2 Å². The van der Waals surface area contributed by atoms with Gasteiger partial charge in [-0.05, 0) is 34.6 Å². The number of carboxylic acids is 1. The van der Waals surface area contributed by atoms with Gasteiger partial charge in [0.2, 0.25) is 5.91 Å². The Morgan fingerprint density at radius 2 is 1.56 bits per heavy atom. The lowest BCUT2D eigenvalue weighted by atomic mass is 9.98. The summed E-state index contributed by atoms with van der Waals surface area (Å²) in [6.07, 6.45) is 1.33. The van der Waals surface area contributed by atoms with E-state index >= 15 is 0 Å². The molecule has 1 aliphatic rings. The Morgan fingerprint density at radius 3 is 2.09 bits per heavy atom. The molecule has 0 heterocycles. The van der Waals surface area contributed by atoms with Crippen LogP contribution < -0.4 is 10.6 Å². The molecule has 2 aromatic carbocycles. The molecule has 0 saturated heterocycles. The van der Waals surface area contributed by atoms with Crippen molar-refractivity contribution >= 4 is 18.0 Å². The molecule has 0 radical (unpaired) electrons. The number of carboxylic acid groups (broad SMARTS) is 1. The van der Waals surface area contributed by atoms with E-state index in [1.165, 1.54) is 0 Å². The molecule has 0 aromatic heterocycles. The summed E-state index contributed by atoms with van der Waals surface area (Å²) in [6, 6.07) is 14.8. The van der Waals surface area contributed by atoms with Crippen LogP contribution in [0, 0.1) is 5.92 Å². The van der Waals surface area contributed by atoms with E-state index in [0.29, 0.717) is 12.8 Å². The minimum Gasteiger partial charge on any atom is -0.480 e. The first-order valence-electron chi connectivity index (χ1n) is 12.0. The molecule has 182 valence electrons. The van der Waals surface area contributed by atoms with Crippen LogP contribution in [0.4, 0.5) is 4.79 Å². The Kier molecular flexibility index (Phi) is 8.68. The van der Waals surface area contributed by atoms with Crippen molar-refractivity contribution in [3.8, 4) is 11.1 Å². The Morgan fingerprint density at radius 1 is 0.971 bits per heavy atom. The van der Waals surface area contributed by atoms with Gasteiger partial charge in [-0.25, -0.2) is 9.59 Å². The van der Waals surface area contributed by atoms with E-state index in [-0.39, 0.29) is 24.9 Å². The number of rotatable bonds is 11. The predicted molar refractivity (Wildman–Crippen MR) is 131 cm³/mol. The maximum Gasteiger partial charge on any atom is 0.407 e. The number of amides is 2. The fraction of sp³-hybridized carbons (Fsp3) is 0.444. The lowest BCUT2D eigenvalue weighted by Gasteiger charge is -2.23. The first-order valence-corrected chi connectivity index (χ1v) is 12.0. The number of carbonyl (C=O) groups is 3. The van der Waals surface area contributed by atoms with Crippen LogP contribution in [0.3, 0.4) is 0 Å². The largest absolute Gasteiger partial charge is 0.480 e. The minimum absolute atomic E-state index is 0.0161. The van der Waals surface area contributed by atoms with Crippen LogP contribution >= 0.6 is 0 Å². The van der Waals surface area contributed by atoms with Crippen LogP contribution in [0.15, 0.2) is 48.5 Å². The number of benzene rings is 2. The van der Waals surface area contributed by atoms with E-state index in [4.69, 9.17) is 4.74 Å². The van der Waals surface area contributed by atoms with Crippen molar-refractivity contribution in [1.82, 2.24) is 10.6 Å². The van der Waals surface area contributed by atoms with Gasteiger partial charge in [0.1, 0.15) is 12.6 Å². The summed E-state index contributed by atoms with van der Waals surface area (Å²) >= 11 is 0. The Labute approximate surface area is 200 Å². The summed E-state index contributed by atoms with van der Waals surface area (Å²) < 4.78 is 5.60. The Balaban J connectivity index is 1.58. The molecule has 3 rings (SSSR count). The molecule has 3 N–H and O–H groups in total. The van der Waals surface area contributed by atoms with E-state index < -0.39 is 30.1 Å². The second-order valence-electron chi connectivity index (χ2n) is 9.13. The molecular weight excluding hydrogens is 432 g/mol.